The number of rotatable bonds is 1. The van der Waals surface area contributed by atoms with E-state index >= 15 is 0 Å². The second kappa shape index (κ2) is 3.58. The fourth-order valence-corrected chi connectivity index (χ4v) is 1.05. The lowest BCUT2D eigenvalue weighted by molar-refractivity contribution is -0.141. The van der Waals surface area contributed by atoms with Crippen LogP contribution in [0.25, 0.3) is 5.95 Å². The first-order valence-corrected chi connectivity index (χ1v) is 4.31. The number of aromatic nitrogens is 4. The Bertz CT molecular complexity index is 486. The Morgan fingerprint density at radius 2 is 2.12 bits per heavy atom. The number of hydrogen-bond acceptors (Lipinski definition) is 3. The SMILES string of the molecule is Cc1[c]nc(-n2ccc(C(F)(F)F)n2)nc1. The summed E-state index contributed by atoms with van der Waals surface area (Å²) in [6, 6.07) is 0.864. The van der Waals surface area contributed by atoms with E-state index in [-0.39, 0.29) is 5.95 Å². The summed E-state index contributed by atoms with van der Waals surface area (Å²) < 4.78 is 37.7. The summed E-state index contributed by atoms with van der Waals surface area (Å²) in [7, 11) is 0. The summed E-state index contributed by atoms with van der Waals surface area (Å²) in [5.41, 5.74) is -0.274. The standard InChI is InChI=1S/C9H6F3N4/c1-6-4-13-8(14-5-6)16-3-2-7(15-16)9(10,11)12/h2-4H,1H3. The fraction of sp³-hybridized carbons (Fsp3) is 0.222. The van der Waals surface area contributed by atoms with E-state index < -0.39 is 11.9 Å². The van der Waals surface area contributed by atoms with Crippen molar-refractivity contribution >= 4 is 0 Å². The molecule has 2 rings (SSSR count). The van der Waals surface area contributed by atoms with Crippen LogP contribution in [0, 0.1) is 13.1 Å². The first-order valence-electron chi connectivity index (χ1n) is 4.31. The highest BCUT2D eigenvalue weighted by atomic mass is 19.4. The minimum Gasteiger partial charge on any atom is -0.219 e. The molecule has 2 aromatic rings. The van der Waals surface area contributed by atoms with Crippen LogP contribution in [0.2, 0.25) is 0 Å². The Labute approximate surface area is 88.8 Å². The Morgan fingerprint density at radius 3 is 2.62 bits per heavy atom. The molecule has 0 atom stereocenters. The van der Waals surface area contributed by atoms with Crippen LogP contribution in [0.4, 0.5) is 13.2 Å². The van der Waals surface area contributed by atoms with Gasteiger partial charge < -0.3 is 0 Å². The van der Waals surface area contributed by atoms with Gasteiger partial charge in [0.05, 0.1) is 6.20 Å². The maximum absolute atomic E-state index is 12.3. The van der Waals surface area contributed by atoms with Crippen LogP contribution >= 0.6 is 0 Å². The van der Waals surface area contributed by atoms with Crippen LogP contribution in [0.3, 0.4) is 0 Å². The average Bonchev–Trinajstić information content (AvgIpc) is 2.67. The van der Waals surface area contributed by atoms with Crippen LogP contribution < -0.4 is 0 Å². The van der Waals surface area contributed by atoms with Gasteiger partial charge in [0.1, 0.15) is 0 Å². The van der Waals surface area contributed by atoms with E-state index in [1.165, 1.54) is 6.20 Å². The molecule has 0 saturated heterocycles. The molecule has 0 saturated carbocycles. The van der Waals surface area contributed by atoms with Crippen molar-refractivity contribution in [2.45, 2.75) is 13.1 Å². The van der Waals surface area contributed by atoms with Crippen LogP contribution in [0.15, 0.2) is 18.5 Å². The molecular formula is C9H6F3N4. The minimum atomic E-state index is -4.46. The van der Waals surface area contributed by atoms with Crippen molar-refractivity contribution in [1.82, 2.24) is 19.7 Å². The van der Waals surface area contributed by atoms with Gasteiger partial charge in [0.25, 0.3) is 5.95 Å². The summed E-state index contributed by atoms with van der Waals surface area (Å²) in [5.74, 6) is 0.0566. The van der Waals surface area contributed by atoms with Crippen LogP contribution in [-0.2, 0) is 6.18 Å². The molecule has 7 heteroatoms. The summed E-state index contributed by atoms with van der Waals surface area (Å²) in [6.45, 7) is 1.73. The summed E-state index contributed by atoms with van der Waals surface area (Å²) >= 11 is 0. The van der Waals surface area contributed by atoms with E-state index in [9.17, 15) is 13.2 Å². The molecule has 1 radical (unpaired) electrons. The molecule has 0 aliphatic heterocycles. The van der Waals surface area contributed by atoms with Gasteiger partial charge in [0.2, 0.25) is 0 Å². The molecule has 0 amide bonds. The molecule has 16 heavy (non-hydrogen) atoms. The number of alkyl halides is 3. The molecule has 0 fully saturated rings. The molecule has 0 aliphatic carbocycles. The minimum absolute atomic E-state index is 0.0566. The van der Waals surface area contributed by atoms with E-state index in [4.69, 9.17) is 0 Å². The Balaban J connectivity index is 2.35. The Hall–Kier alpha value is -1.92. The predicted molar refractivity (Wildman–Crippen MR) is 47.7 cm³/mol. The third-order valence-corrected chi connectivity index (χ3v) is 1.79. The fourth-order valence-electron chi connectivity index (χ4n) is 1.05. The van der Waals surface area contributed by atoms with Gasteiger partial charge in [-0.1, -0.05) is 0 Å². The molecule has 0 aromatic carbocycles. The number of halogens is 3. The van der Waals surface area contributed by atoms with Crippen LogP contribution in [0.5, 0.6) is 0 Å². The third kappa shape index (κ3) is 2.02. The van der Waals surface area contributed by atoms with Crippen molar-refractivity contribution in [3.05, 3.63) is 35.9 Å². The zero-order chi connectivity index (χ0) is 11.8. The van der Waals surface area contributed by atoms with Gasteiger partial charge in [0, 0.05) is 12.4 Å². The quantitative estimate of drug-likeness (QED) is 0.745. The van der Waals surface area contributed by atoms with Crippen molar-refractivity contribution < 1.29 is 13.2 Å². The van der Waals surface area contributed by atoms with Gasteiger partial charge in [-0.2, -0.15) is 18.3 Å². The average molecular weight is 227 g/mol. The molecule has 0 N–H and O–H groups in total. The van der Waals surface area contributed by atoms with E-state index in [0.29, 0.717) is 5.56 Å². The van der Waals surface area contributed by atoms with E-state index in [1.54, 1.807) is 6.92 Å². The molecule has 2 aromatic heterocycles. The molecule has 4 nitrogen and oxygen atoms in total. The lowest BCUT2D eigenvalue weighted by Crippen LogP contribution is -2.08. The first-order chi connectivity index (χ1) is 7.47. The zero-order valence-electron chi connectivity index (χ0n) is 8.15. The topological polar surface area (TPSA) is 43.6 Å². The highest BCUT2D eigenvalue weighted by Crippen LogP contribution is 2.27. The summed E-state index contributed by atoms with van der Waals surface area (Å²) in [5, 5.41) is 3.33. The molecular weight excluding hydrogens is 221 g/mol. The van der Waals surface area contributed by atoms with Crippen molar-refractivity contribution in [1.29, 1.82) is 0 Å². The van der Waals surface area contributed by atoms with E-state index in [2.05, 4.69) is 21.3 Å². The highest BCUT2D eigenvalue weighted by molar-refractivity contribution is 5.14. The number of hydrogen-bond donors (Lipinski definition) is 0. The molecule has 0 spiro atoms. The monoisotopic (exact) mass is 227 g/mol. The van der Waals surface area contributed by atoms with Crippen molar-refractivity contribution in [2.24, 2.45) is 0 Å². The van der Waals surface area contributed by atoms with Gasteiger partial charge in [-0.05, 0) is 18.6 Å². The van der Waals surface area contributed by atoms with Crippen LogP contribution in [-0.4, -0.2) is 19.7 Å². The van der Waals surface area contributed by atoms with Crippen molar-refractivity contribution in [3.63, 3.8) is 0 Å². The zero-order valence-corrected chi connectivity index (χ0v) is 8.15. The van der Waals surface area contributed by atoms with Gasteiger partial charge in [0.15, 0.2) is 5.69 Å². The summed E-state index contributed by atoms with van der Waals surface area (Å²) in [6.07, 6.45) is 0.743. The highest BCUT2D eigenvalue weighted by Gasteiger charge is 2.33. The maximum atomic E-state index is 12.3. The van der Waals surface area contributed by atoms with Crippen molar-refractivity contribution in [3.8, 4) is 5.95 Å². The van der Waals surface area contributed by atoms with Gasteiger partial charge in [-0.15, -0.1) is 0 Å². The molecule has 83 valence electrons. The van der Waals surface area contributed by atoms with E-state index in [1.807, 2.05) is 0 Å². The van der Waals surface area contributed by atoms with Gasteiger partial charge in [-0.3, -0.25) is 0 Å². The lowest BCUT2D eigenvalue weighted by Gasteiger charge is -2.01. The molecule has 0 aliphatic rings. The normalized spacial score (nSPS) is 11.8. The van der Waals surface area contributed by atoms with Crippen LogP contribution in [0.1, 0.15) is 11.3 Å². The number of nitrogens with zero attached hydrogens (tertiary/aromatic N) is 4. The largest absolute Gasteiger partial charge is 0.435 e. The lowest BCUT2D eigenvalue weighted by atomic mass is 10.4. The Kier molecular flexibility index (Phi) is 2.37. The second-order valence-electron chi connectivity index (χ2n) is 3.11. The van der Waals surface area contributed by atoms with Crippen molar-refractivity contribution in [2.75, 3.05) is 0 Å². The van der Waals surface area contributed by atoms with Gasteiger partial charge >= 0.3 is 6.18 Å². The Morgan fingerprint density at radius 1 is 1.38 bits per heavy atom. The summed E-state index contributed by atoms with van der Waals surface area (Å²) in [4.78, 5) is 7.58. The van der Waals surface area contributed by atoms with E-state index in [0.717, 1.165) is 16.9 Å². The smallest absolute Gasteiger partial charge is 0.219 e. The maximum Gasteiger partial charge on any atom is 0.435 e. The third-order valence-electron chi connectivity index (χ3n) is 1.79. The predicted octanol–water partition coefficient (Wildman–Crippen LogP) is 1.79. The first kappa shape index (κ1) is 10.6. The molecule has 0 unspecified atom stereocenters. The molecule has 0 bridgehead atoms. The van der Waals surface area contributed by atoms with Gasteiger partial charge in [-0.25, -0.2) is 14.6 Å². The molecule has 2 heterocycles. The number of aryl methyl sites for hydroxylation is 1. The second-order valence-corrected chi connectivity index (χ2v) is 3.11.